The second kappa shape index (κ2) is 9.52. The minimum absolute atomic E-state index is 0.0688. The van der Waals surface area contributed by atoms with Gasteiger partial charge in [-0.25, -0.2) is 12.8 Å². The Morgan fingerprint density at radius 3 is 2.19 bits per heavy atom. The van der Waals surface area contributed by atoms with E-state index in [-0.39, 0.29) is 22.2 Å². The Balaban J connectivity index is 1.97. The average molecular weight is 452 g/mol. The number of amides is 1. The fraction of sp³-hybridized carbons (Fsp3) is 0.381. The quantitative estimate of drug-likeness (QED) is 0.639. The molecule has 8 nitrogen and oxygen atoms in total. The van der Waals surface area contributed by atoms with Gasteiger partial charge in [-0.3, -0.25) is 9.10 Å². The monoisotopic (exact) mass is 451 g/mol. The van der Waals surface area contributed by atoms with Crippen molar-refractivity contribution >= 4 is 21.6 Å². The number of ether oxygens (including phenoxy) is 2. The van der Waals surface area contributed by atoms with Crippen LogP contribution in [0.3, 0.4) is 0 Å². The maximum Gasteiger partial charge on any atom is 0.264 e. The third-order valence-electron chi connectivity index (χ3n) is 5.19. The number of likely N-dealkylation sites (N-methyl/N-ethyl adjacent to an activating group) is 1. The zero-order chi connectivity index (χ0) is 22.6. The van der Waals surface area contributed by atoms with Crippen molar-refractivity contribution in [3.8, 4) is 11.5 Å². The van der Waals surface area contributed by atoms with Crippen LogP contribution < -0.4 is 13.8 Å². The standard InChI is InChI=1S/C21H26FN3O5S/c1-23-10-12-24(13-11-23)21(26)15-25(17-6-4-16(22)5-7-17)31(27,28)18-8-9-19(29-2)20(14-18)30-3/h4-9,14H,10-13,15H2,1-3H3. The average Bonchev–Trinajstić information content (AvgIpc) is 2.77. The van der Waals surface area contributed by atoms with E-state index in [0.29, 0.717) is 31.9 Å². The fourth-order valence-electron chi connectivity index (χ4n) is 3.31. The molecule has 1 saturated heterocycles. The molecule has 0 saturated carbocycles. The minimum Gasteiger partial charge on any atom is -0.493 e. The summed E-state index contributed by atoms with van der Waals surface area (Å²) in [5.41, 5.74) is 0.193. The third kappa shape index (κ3) is 5.08. The predicted octanol–water partition coefficient (Wildman–Crippen LogP) is 1.81. The van der Waals surface area contributed by atoms with Crippen molar-refractivity contribution in [2.45, 2.75) is 4.90 Å². The number of hydrogen-bond acceptors (Lipinski definition) is 6. The lowest BCUT2D eigenvalue weighted by atomic mass is 10.3. The number of carbonyl (C=O) groups is 1. The lowest BCUT2D eigenvalue weighted by Crippen LogP contribution is -2.50. The number of piperazine rings is 1. The van der Waals surface area contributed by atoms with E-state index in [1.54, 1.807) is 4.90 Å². The Labute approximate surface area is 181 Å². The lowest BCUT2D eigenvalue weighted by Gasteiger charge is -2.34. The Bertz CT molecular complexity index is 1020. The summed E-state index contributed by atoms with van der Waals surface area (Å²) in [6.07, 6.45) is 0. The zero-order valence-corrected chi connectivity index (χ0v) is 18.6. The van der Waals surface area contributed by atoms with E-state index in [0.717, 1.165) is 16.4 Å². The Morgan fingerprint density at radius 1 is 1.00 bits per heavy atom. The van der Waals surface area contributed by atoms with Gasteiger partial charge in [-0.1, -0.05) is 0 Å². The van der Waals surface area contributed by atoms with Crippen LogP contribution in [0, 0.1) is 5.82 Å². The first-order valence-corrected chi connectivity index (χ1v) is 11.2. The van der Waals surface area contributed by atoms with Gasteiger partial charge in [-0.2, -0.15) is 0 Å². The van der Waals surface area contributed by atoms with Crippen LogP contribution in [-0.2, 0) is 14.8 Å². The predicted molar refractivity (Wildman–Crippen MR) is 115 cm³/mol. The SMILES string of the molecule is COc1ccc(S(=O)(=O)N(CC(=O)N2CCN(C)CC2)c2ccc(F)cc2)cc1OC. The number of hydrogen-bond donors (Lipinski definition) is 0. The van der Waals surface area contributed by atoms with Crippen molar-refractivity contribution in [1.82, 2.24) is 9.80 Å². The molecule has 0 atom stereocenters. The molecule has 1 fully saturated rings. The molecule has 2 aromatic rings. The number of carbonyl (C=O) groups excluding carboxylic acids is 1. The van der Waals surface area contributed by atoms with E-state index in [9.17, 15) is 17.6 Å². The smallest absolute Gasteiger partial charge is 0.264 e. The number of sulfonamides is 1. The molecule has 1 heterocycles. The molecular formula is C21H26FN3O5S. The second-order valence-corrected chi connectivity index (χ2v) is 9.05. The molecule has 1 amide bonds. The van der Waals surface area contributed by atoms with Crippen LogP contribution in [0.1, 0.15) is 0 Å². The molecule has 0 unspecified atom stereocenters. The summed E-state index contributed by atoms with van der Waals surface area (Å²) >= 11 is 0. The molecule has 31 heavy (non-hydrogen) atoms. The van der Waals surface area contributed by atoms with Gasteiger partial charge >= 0.3 is 0 Å². The third-order valence-corrected chi connectivity index (χ3v) is 6.96. The highest BCUT2D eigenvalue weighted by Gasteiger charge is 2.30. The highest BCUT2D eigenvalue weighted by Crippen LogP contribution is 2.32. The zero-order valence-electron chi connectivity index (χ0n) is 17.7. The normalized spacial score (nSPS) is 14.9. The lowest BCUT2D eigenvalue weighted by molar-refractivity contribution is -0.131. The maximum atomic E-state index is 13.5. The van der Waals surface area contributed by atoms with Gasteiger partial charge in [0.2, 0.25) is 5.91 Å². The minimum atomic E-state index is -4.15. The van der Waals surface area contributed by atoms with Gasteiger partial charge in [0.25, 0.3) is 10.0 Å². The topological polar surface area (TPSA) is 79.4 Å². The summed E-state index contributed by atoms with van der Waals surface area (Å²) in [5.74, 6) is -0.199. The van der Waals surface area contributed by atoms with Gasteiger partial charge in [0.15, 0.2) is 11.5 Å². The number of nitrogens with zero attached hydrogens (tertiary/aromatic N) is 3. The van der Waals surface area contributed by atoms with Crippen LogP contribution >= 0.6 is 0 Å². The first-order valence-electron chi connectivity index (χ1n) is 9.73. The van der Waals surface area contributed by atoms with E-state index >= 15 is 0 Å². The highest BCUT2D eigenvalue weighted by molar-refractivity contribution is 7.92. The Kier molecular flexibility index (Phi) is 7.01. The second-order valence-electron chi connectivity index (χ2n) is 7.19. The van der Waals surface area contributed by atoms with Crippen molar-refractivity contribution in [2.75, 3.05) is 58.3 Å². The Hall–Kier alpha value is -2.85. The molecule has 3 rings (SSSR count). The summed E-state index contributed by atoms with van der Waals surface area (Å²) in [7, 11) is 0.670. The molecule has 0 aromatic heterocycles. The summed E-state index contributed by atoms with van der Waals surface area (Å²) in [4.78, 5) is 16.6. The van der Waals surface area contributed by atoms with Crippen LogP contribution in [0.5, 0.6) is 11.5 Å². The first-order chi connectivity index (χ1) is 14.8. The van der Waals surface area contributed by atoms with E-state index in [1.165, 1.54) is 44.6 Å². The van der Waals surface area contributed by atoms with Gasteiger partial charge < -0.3 is 19.3 Å². The number of anilines is 1. The van der Waals surface area contributed by atoms with Crippen LogP contribution in [0.2, 0.25) is 0 Å². The summed E-state index contributed by atoms with van der Waals surface area (Å²) in [6, 6.07) is 9.20. The van der Waals surface area contributed by atoms with Gasteiger partial charge in [0.1, 0.15) is 12.4 Å². The van der Waals surface area contributed by atoms with Crippen molar-refractivity contribution in [2.24, 2.45) is 0 Å². The van der Waals surface area contributed by atoms with Crippen molar-refractivity contribution in [1.29, 1.82) is 0 Å². The summed E-state index contributed by atoms with van der Waals surface area (Å²) in [5, 5.41) is 0. The highest BCUT2D eigenvalue weighted by atomic mass is 32.2. The van der Waals surface area contributed by atoms with Gasteiger partial charge in [0, 0.05) is 32.2 Å². The molecule has 10 heteroatoms. The van der Waals surface area contributed by atoms with E-state index in [1.807, 2.05) is 7.05 Å². The van der Waals surface area contributed by atoms with Crippen LogP contribution in [-0.4, -0.2) is 78.1 Å². The molecular weight excluding hydrogens is 425 g/mol. The molecule has 0 aliphatic carbocycles. The Morgan fingerprint density at radius 2 is 1.61 bits per heavy atom. The molecule has 1 aliphatic heterocycles. The van der Waals surface area contributed by atoms with E-state index < -0.39 is 22.4 Å². The largest absolute Gasteiger partial charge is 0.493 e. The molecule has 0 bridgehead atoms. The first kappa shape index (κ1) is 22.8. The van der Waals surface area contributed by atoms with Crippen molar-refractivity contribution in [3.63, 3.8) is 0 Å². The van der Waals surface area contributed by atoms with Crippen molar-refractivity contribution in [3.05, 3.63) is 48.3 Å². The van der Waals surface area contributed by atoms with Gasteiger partial charge in [0.05, 0.1) is 24.8 Å². The van der Waals surface area contributed by atoms with Gasteiger partial charge in [-0.15, -0.1) is 0 Å². The number of rotatable bonds is 7. The maximum absolute atomic E-state index is 13.5. The van der Waals surface area contributed by atoms with E-state index in [2.05, 4.69) is 4.90 Å². The fourth-order valence-corrected chi connectivity index (χ4v) is 4.74. The van der Waals surface area contributed by atoms with Crippen LogP contribution in [0.15, 0.2) is 47.4 Å². The molecule has 168 valence electrons. The molecule has 0 spiro atoms. The van der Waals surface area contributed by atoms with Crippen LogP contribution in [0.25, 0.3) is 0 Å². The number of halogens is 1. The summed E-state index contributed by atoms with van der Waals surface area (Å²) < 4.78 is 51.9. The van der Waals surface area contributed by atoms with Crippen LogP contribution in [0.4, 0.5) is 10.1 Å². The summed E-state index contributed by atoms with van der Waals surface area (Å²) in [6.45, 7) is 2.06. The number of methoxy groups -OCH3 is 2. The number of benzene rings is 2. The molecule has 0 radical (unpaired) electrons. The van der Waals surface area contributed by atoms with Crippen molar-refractivity contribution < 1.29 is 27.1 Å². The molecule has 2 aromatic carbocycles. The molecule has 0 N–H and O–H groups in total. The van der Waals surface area contributed by atoms with E-state index in [4.69, 9.17) is 9.47 Å². The van der Waals surface area contributed by atoms with Gasteiger partial charge in [-0.05, 0) is 43.4 Å². The molecule has 1 aliphatic rings.